The Labute approximate surface area is 129 Å². The van der Waals surface area contributed by atoms with Crippen molar-refractivity contribution in [1.29, 1.82) is 0 Å². The lowest BCUT2D eigenvalue weighted by atomic mass is 10.1. The van der Waals surface area contributed by atoms with Gasteiger partial charge in [-0.05, 0) is 47.9 Å². The van der Waals surface area contributed by atoms with Crippen LogP contribution in [0.25, 0.3) is 10.9 Å². The van der Waals surface area contributed by atoms with E-state index in [1.807, 2.05) is 12.3 Å². The van der Waals surface area contributed by atoms with Crippen molar-refractivity contribution in [1.82, 2.24) is 4.98 Å². The first kappa shape index (κ1) is 13.9. The number of halogens is 1. The SMILES string of the molecule is ClCCc1ccc(NCc2ccc3ncccc3c2)cc1. The fourth-order valence-electron chi connectivity index (χ4n) is 2.34. The van der Waals surface area contributed by atoms with Gasteiger partial charge in [0.1, 0.15) is 0 Å². The average Bonchev–Trinajstić information content (AvgIpc) is 2.54. The molecule has 1 aromatic heterocycles. The van der Waals surface area contributed by atoms with Gasteiger partial charge in [0.25, 0.3) is 0 Å². The topological polar surface area (TPSA) is 24.9 Å². The third-order valence-electron chi connectivity index (χ3n) is 3.50. The van der Waals surface area contributed by atoms with Crippen molar-refractivity contribution in [3.63, 3.8) is 0 Å². The minimum atomic E-state index is 0.665. The quantitative estimate of drug-likeness (QED) is 0.694. The van der Waals surface area contributed by atoms with Crippen molar-refractivity contribution < 1.29 is 0 Å². The van der Waals surface area contributed by atoms with Crippen LogP contribution < -0.4 is 5.32 Å². The molecule has 0 aliphatic carbocycles. The Hall–Kier alpha value is -2.06. The molecule has 106 valence electrons. The molecule has 0 aliphatic heterocycles. The van der Waals surface area contributed by atoms with Gasteiger partial charge in [0.15, 0.2) is 0 Å². The number of fused-ring (bicyclic) bond motifs is 1. The van der Waals surface area contributed by atoms with Gasteiger partial charge < -0.3 is 5.32 Å². The second-order valence-electron chi connectivity index (χ2n) is 5.02. The molecule has 1 heterocycles. The number of anilines is 1. The smallest absolute Gasteiger partial charge is 0.0702 e. The molecule has 0 bridgehead atoms. The number of nitrogens with zero attached hydrogens (tertiary/aromatic N) is 1. The van der Waals surface area contributed by atoms with Gasteiger partial charge in [0.05, 0.1) is 5.52 Å². The van der Waals surface area contributed by atoms with Gasteiger partial charge in [-0.1, -0.05) is 24.3 Å². The fourth-order valence-corrected chi connectivity index (χ4v) is 2.56. The molecule has 2 aromatic carbocycles. The summed E-state index contributed by atoms with van der Waals surface area (Å²) in [5.74, 6) is 0.665. The maximum Gasteiger partial charge on any atom is 0.0702 e. The van der Waals surface area contributed by atoms with Crippen molar-refractivity contribution in [3.8, 4) is 0 Å². The zero-order valence-corrected chi connectivity index (χ0v) is 12.5. The predicted octanol–water partition coefficient (Wildman–Crippen LogP) is 4.63. The van der Waals surface area contributed by atoms with E-state index in [-0.39, 0.29) is 0 Å². The zero-order valence-electron chi connectivity index (χ0n) is 11.7. The number of rotatable bonds is 5. The largest absolute Gasteiger partial charge is 0.381 e. The maximum absolute atomic E-state index is 5.74. The number of alkyl halides is 1. The van der Waals surface area contributed by atoms with E-state index < -0.39 is 0 Å². The van der Waals surface area contributed by atoms with Crippen LogP contribution in [0, 0.1) is 0 Å². The van der Waals surface area contributed by atoms with Crippen LogP contribution in [0.1, 0.15) is 11.1 Å². The number of hydrogen-bond donors (Lipinski definition) is 1. The monoisotopic (exact) mass is 296 g/mol. The van der Waals surface area contributed by atoms with Crippen LogP contribution in [0.3, 0.4) is 0 Å². The molecule has 0 unspecified atom stereocenters. The van der Waals surface area contributed by atoms with E-state index in [2.05, 4.69) is 58.8 Å². The lowest BCUT2D eigenvalue weighted by Gasteiger charge is -2.08. The van der Waals surface area contributed by atoms with Crippen LogP contribution in [-0.4, -0.2) is 10.9 Å². The van der Waals surface area contributed by atoms with Gasteiger partial charge >= 0.3 is 0 Å². The third-order valence-corrected chi connectivity index (χ3v) is 3.69. The summed E-state index contributed by atoms with van der Waals surface area (Å²) in [5.41, 5.74) is 4.68. The molecule has 2 nitrogen and oxygen atoms in total. The van der Waals surface area contributed by atoms with Gasteiger partial charge in [-0.2, -0.15) is 0 Å². The van der Waals surface area contributed by atoms with Crippen molar-refractivity contribution >= 4 is 28.2 Å². The molecule has 1 N–H and O–H groups in total. The van der Waals surface area contributed by atoms with E-state index in [4.69, 9.17) is 11.6 Å². The van der Waals surface area contributed by atoms with Gasteiger partial charge in [0.2, 0.25) is 0 Å². The van der Waals surface area contributed by atoms with Crippen LogP contribution in [-0.2, 0) is 13.0 Å². The minimum Gasteiger partial charge on any atom is -0.381 e. The second kappa shape index (κ2) is 6.59. The Balaban J connectivity index is 1.68. The summed E-state index contributed by atoms with van der Waals surface area (Å²) in [4.78, 5) is 4.34. The highest BCUT2D eigenvalue weighted by molar-refractivity contribution is 6.17. The number of benzene rings is 2. The first-order chi connectivity index (χ1) is 10.3. The molecule has 0 saturated heterocycles. The van der Waals surface area contributed by atoms with Crippen LogP contribution >= 0.6 is 11.6 Å². The van der Waals surface area contributed by atoms with Crippen LogP contribution in [0.15, 0.2) is 60.8 Å². The van der Waals surface area contributed by atoms with Gasteiger partial charge in [-0.15, -0.1) is 11.6 Å². The summed E-state index contributed by atoms with van der Waals surface area (Å²) in [5, 5.41) is 4.62. The van der Waals surface area contributed by atoms with Crippen LogP contribution in [0.2, 0.25) is 0 Å². The van der Waals surface area contributed by atoms with Gasteiger partial charge in [-0.3, -0.25) is 4.98 Å². The molecule has 21 heavy (non-hydrogen) atoms. The van der Waals surface area contributed by atoms with E-state index >= 15 is 0 Å². The second-order valence-corrected chi connectivity index (χ2v) is 5.40. The summed E-state index contributed by atoms with van der Waals surface area (Å²) in [6, 6.07) is 18.9. The minimum absolute atomic E-state index is 0.665. The Morgan fingerprint density at radius 1 is 0.952 bits per heavy atom. The highest BCUT2D eigenvalue weighted by atomic mass is 35.5. The lowest BCUT2D eigenvalue weighted by Crippen LogP contribution is -1.99. The Morgan fingerprint density at radius 3 is 2.57 bits per heavy atom. The number of pyridine rings is 1. The van der Waals surface area contributed by atoms with E-state index in [9.17, 15) is 0 Å². The zero-order chi connectivity index (χ0) is 14.5. The number of nitrogens with one attached hydrogen (secondary N) is 1. The molecule has 3 rings (SSSR count). The maximum atomic E-state index is 5.74. The molecular formula is C18H17ClN2. The Bertz CT molecular complexity index is 723. The van der Waals surface area contributed by atoms with Crippen molar-refractivity contribution in [3.05, 3.63) is 71.9 Å². The molecule has 3 heteroatoms. The first-order valence-electron chi connectivity index (χ1n) is 7.07. The highest BCUT2D eigenvalue weighted by Crippen LogP contribution is 2.16. The Kier molecular flexibility index (Phi) is 4.37. The van der Waals surface area contributed by atoms with Gasteiger partial charge in [0, 0.05) is 29.7 Å². The molecule has 3 aromatic rings. The molecule has 0 radical (unpaired) electrons. The van der Waals surface area contributed by atoms with E-state index in [0.717, 1.165) is 24.2 Å². The third kappa shape index (κ3) is 3.53. The molecule has 0 aliphatic rings. The highest BCUT2D eigenvalue weighted by Gasteiger charge is 1.98. The summed E-state index contributed by atoms with van der Waals surface area (Å²) in [7, 11) is 0. The fraction of sp³-hybridized carbons (Fsp3) is 0.167. The van der Waals surface area contributed by atoms with E-state index in [1.54, 1.807) is 0 Å². The van der Waals surface area contributed by atoms with Crippen molar-refractivity contribution in [2.75, 3.05) is 11.2 Å². The van der Waals surface area contributed by atoms with Crippen LogP contribution in [0.5, 0.6) is 0 Å². The molecule has 0 amide bonds. The molecule has 0 saturated carbocycles. The van der Waals surface area contributed by atoms with Crippen molar-refractivity contribution in [2.24, 2.45) is 0 Å². The number of aromatic nitrogens is 1. The molecule has 0 fully saturated rings. The molecule has 0 atom stereocenters. The van der Waals surface area contributed by atoms with E-state index in [0.29, 0.717) is 5.88 Å². The summed E-state index contributed by atoms with van der Waals surface area (Å²) < 4.78 is 0. The summed E-state index contributed by atoms with van der Waals surface area (Å²) in [6.07, 6.45) is 2.74. The first-order valence-corrected chi connectivity index (χ1v) is 7.61. The lowest BCUT2D eigenvalue weighted by molar-refractivity contribution is 1.13. The van der Waals surface area contributed by atoms with Gasteiger partial charge in [-0.25, -0.2) is 0 Å². The predicted molar refractivity (Wildman–Crippen MR) is 89.9 cm³/mol. The van der Waals surface area contributed by atoms with E-state index in [1.165, 1.54) is 16.5 Å². The average molecular weight is 297 g/mol. The summed E-state index contributed by atoms with van der Waals surface area (Å²) in [6.45, 7) is 0.805. The van der Waals surface area contributed by atoms with Crippen LogP contribution in [0.4, 0.5) is 5.69 Å². The number of hydrogen-bond acceptors (Lipinski definition) is 2. The van der Waals surface area contributed by atoms with Crippen molar-refractivity contribution in [2.45, 2.75) is 13.0 Å². The molecule has 0 spiro atoms. The standard InChI is InChI=1S/C18H17ClN2/c19-10-9-14-3-6-17(7-4-14)21-13-15-5-8-18-16(12-15)2-1-11-20-18/h1-8,11-12,21H,9-10,13H2. The normalized spacial score (nSPS) is 10.7. The molecular weight excluding hydrogens is 280 g/mol. The Morgan fingerprint density at radius 2 is 1.76 bits per heavy atom. The number of aryl methyl sites for hydroxylation is 1. The summed E-state index contributed by atoms with van der Waals surface area (Å²) >= 11 is 5.74.